The van der Waals surface area contributed by atoms with Crippen molar-refractivity contribution < 1.29 is 18.4 Å². The molecule has 0 fully saturated rings. The van der Waals surface area contributed by atoms with Crippen LogP contribution in [0.25, 0.3) is 0 Å². The number of dihydropyridines is 1. The van der Waals surface area contributed by atoms with Crippen molar-refractivity contribution >= 4 is 17.4 Å². The van der Waals surface area contributed by atoms with Crippen LogP contribution in [-0.2, 0) is 9.59 Å². The monoisotopic (exact) mass is 422 g/mol. The first kappa shape index (κ1) is 21.0. The lowest BCUT2D eigenvalue weighted by Crippen LogP contribution is -2.39. The highest BCUT2D eigenvalue weighted by Gasteiger charge is 2.42. The van der Waals surface area contributed by atoms with Gasteiger partial charge in [-0.2, -0.15) is 0 Å². The maximum absolute atomic E-state index is 13.6. The van der Waals surface area contributed by atoms with E-state index in [1.165, 1.54) is 36.4 Å². The van der Waals surface area contributed by atoms with Crippen LogP contribution in [0.1, 0.15) is 45.1 Å². The molecule has 2 aromatic rings. The van der Waals surface area contributed by atoms with Gasteiger partial charge in [-0.1, -0.05) is 26.0 Å². The van der Waals surface area contributed by atoms with E-state index in [1.807, 2.05) is 13.8 Å². The van der Waals surface area contributed by atoms with Gasteiger partial charge in [-0.3, -0.25) is 9.59 Å². The maximum atomic E-state index is 13.6. The predicted molar refractivity (Wildman–Crippen MR) is 115 cm³/mol. The molecule has 0 bridgehead atoms. The summed E-state index contributed by atoms with van der Waals surface area (Å²) >= 11 is 0. The molecule has 1 atom stereocenters. The second kappa shape index (κ2) is 7.76. The smallest absolute Gasteiger partial charge is 0.254 e. The quantitative estimate of drug-likeness (QED) is 0.714. The number of ketones is 1. The third-order valence-corrected chi connectivity index (χ3v) is 5.79. The van der Waals surface area contributed by atoms with E-state index in [0.29, 0.717) is 40.9 Å². The van der Waals surface area contributed by atoms with Crippen LogP contribution in [0.4, 0.5) is 14.5 Å². The van der Waals surface area contributed by atoms with Crippen molar-refractivity contribution in [3.8, 4) is 0 Å². The molecule has 0 aromatic heterocycles. The number of benzene rings is 2. The van der Waals surface area contributed by atoms with Crippen LogP contribution >= 0.6 is 0 Å². The van der Waals surface area contributed by atoms with E-state index in [1.54, 1.807) is 19.1 Å². The van der Waals surface area contributed by atoms with Gasteiger partial charge in [-0.25, -0.2) is 8.78 Å². The summed E-state index contributed by atoms with van der Waals surface area (Å²) in [6, 6.07) is 11.4. The number of halogens is 2. The van der Waals surface area contributed by atoms with E-state index < -0.39 is 17.6 Å². The first-order valence-corrected chi connectivity index (χ1v) is 10.2. The fourth-order valence-electron chi connectivity index (χ4n) is 4.46. The Hall–Kier alpha value is -3.28. The van der Waals surface area contributed by atoms with Crippen LogP contribution in [0.15, 0.2) is 71.1 Å². The Morgan fingerprint density at radius 2 is 1.58 bits per heavy atom. The van der Waals surface area contributed by atoms with Crippen LogP contribution in [0.5, 0.6) is 0 Å². The molecule has 2 aromatic carbocycles. The SMILES string of the molecule is CC1=C(C(=O)Nc2ccc(F)cc2)[C@H](c2ccc(F)cc2)C2=C(CC(C)(C)CC2=O)N1. The van der Waals surface area contributed by atoms with Gasteiger partial charge in [0.2, 0.25) is 0 Å². The van der Waals surface area contributed by atoms with Crippen molar-refractivity contribution in [1.82, 2.24) is 5.32 Å². The zero-order valence-electron chi connectivity index (χ0n) is 17.7. The van der Waals surface area contributed by atoms with Gasteiger partial charge in [0, 0.05) is 40.6 Å². The van der Waals surface area contributed by atoms with Gasteiger partial charge in [-0.15, -0.1) is 0 Å². The summed E-state index contributed by atoms with van der Waals surface area (Å²) in [4.78, 5) is 26.5. The van der Waals surface area contributed by atoms with E-state index in [-0.39, 0.29) is 17.0 Å². The number of rotatable bonds is 3. The molecule has 4 rings (SSSR count). The van der Waals surface area contributed by atoms with E-state index >= 15 is 0 Å². The van der Waals surface area contributed by atoms with Crippen LogP contribution in [0.3, 0.4) is 0 Å². The van der Waals surface area contributed by atoms with E-state index in [0.717, 1.165) is 5.70 Å². The number of amides is 1. The average Bonchev–Trinajstić information content (AvgIpc) is 2.68. The molecule has 0 unspecified atom stereocenters. The average molecular weight is 422 g/mol. The molecular weight excluding hydrogens is 398 g/mol. The largest absolute Gasteiger partial charge is 0.362 e. The number of Topliss-reactive ketones (excluding diaryl/α,β-unsaturated/α-hetero) is 1. The lowest BCUT2D eigenvalue weighted by molar-refractivity contribution is -0.118. The van der Waals surface area contributed by atoms with Crippen molar-refractivity contribution in [3.05, 3.63) is 88.3 Å². The zero-order valence-corrected chi connectivity index (χ0v) is 17.7. The highest BCUT2D eigenvalue weighted by atomic mass is 19.1. The second-order valence-electron chi connectivity index (χ2n) is 8.94. The Bertz CT molecular complexity index is 1110. The van der Waals surface area contributed by atoms with Crippen LogP contribution < -0.4 is 10.6 Å². The fraction of sp³-hybridized carbons (Fsp3) is 0.280. The third-order valence-electron chi connectivity index (χ3n) is 5.79. The summed E-state index contributed by atoms with van der Waals surface area (Å²) in [6.07, 6.45) is 1.05. The van der Waals surface area contributed by atoms with Crippen LogP contribution in [-0.4, -0.2) is 11.7 Å². The van der Waals surface area contributed by atoms with Crippen LogP contribution in [0.2, 0.25) is 0 Å². The molecule has 1 aliphatic carbocycles. The number of allylic oxidation sites excluding steroid dienone is 3. The minimum Gasteiger partial charge on any atom is -0.362 e. The summed E-state index contributed by atoms with van der Waals surface area (Å²) in [5, 5.41) is 6.08. The summed E-state index contributed by atoms with van der Waals surface area (Å²) in [6.45, 7) is 5.88. The number of hydrogen-bond donors (Lipinski definition) is 2. The molecule has 0 radical (unpaired) electrons. The summed E-state index contributed by atoms with van der Waals surface area (Å²) < 4.78 is 26.8. The number of anilines is 1. The zero-order chi connectivity index (χ0) is 22.3. The Kier molecular flexibility index (Phi) is 5.25. The fourth-order valence-corrected chi connectivity index (χ4v) is 4.46. The third kappa shape index (κ3) is 4.15. The van der Waals surface area contributed by atoms with Crippen molar-refractivity contribution in [2.45, 2.75) is 39.5 Å². The minimum absolute atomic E-state index is 0.0207. The Morgan fingerprint density at radius 1 is 1.00 bits per heavy atom. The molecule has 0 saturated carbocycles. The first-order valence-electron chi connectivity index (χ1n) is 10.2. The highest BCUT2D eigenvalue weighted by molar-refractivity contribution is 6.09. The van der Waals surface area contributed by atoms with E-state index in [2.05, 4.69) is 10.6 Å². The molecule has 160 valence electrons. The van der Waals surface area contributed by atoms with Gasteiger partial charge in [0.05, 0.1) is 0 Å². The highest BCUT2D eigenvalue weighted by Crippen LogP contribution is 2.46. The van der Waals surface area contributed by atoms with Gasteiger partial charge < -0.3 is 10.6 Å². The molecule has 4 nitrogen and oxygen atoms in total. The van der Waals surface area contributed by atoms with Gasteiger partial charge in [0.1, 0.15) is 11.6 Å². The number of hydrogen-bond acceptors (Lipinski definition) is 3. The molecular formula is C25H24F2N2O2. The lowest BCUT2D eigenvalue weighted by atomic mass is 9.68. The topological polar surface area (TPSA) is 58.2 Å². The predicted octanol–water partition coefficient (Wildman–Crippen LogP) is 5.21. The van der Waals surface area contributed by atoms with Crippen molar-refractivity contribution in [2.24, 2.45) is 5.41 Å². The van der Waals surface area contributed by atoms with Crippen molar-refractivity contribution in [2.75, 3.05) is 5.32 Å². The van der Waals surface area contributed by atoms with Gasteiger partial charge in [-0.05, 0) is 60.7 Å². The Labute approximate surface area is 180 Å². The molecule has 6 heteroatoms. The van der Waals surface area contributed by atoms with Gasteiger partial charge in [0.25, 0.3) is 5.91 Å². The standard InChI is InChI=1S/C25H24F2N2O2/c1-14-21(24(31)29-18-10-8-17(27)9-11-18)22(15-4-6-16(26)7-5-15)23-19(28-14)12-25(2,3)13-20(23)30/h4-11,22,28H,12-13H2,1-3H3,(H,29,31)/t22-/m0/s1. The molecule has 2 N–H and O–H groups in total. The molecule has 1 aliphatic heterocycles. The summed E-state index contributed by atoms with van der Waals surface area (Å²) in [5.41, 5.74) is 3.32. The molecule has 31 heavy (non-hydrogen) atoms. The summed E-state index contributed by atoms with van der Waals surface area (Å²) in [7, 11) is 0. The van der Waals surface area contributed by atoms with Crippen LogP contribution in [0, 0.1) is 17.0 Å². The number of nitrogens with one attached hydrogen (secondary N) is 2. The lowest BCUT2D eigenvalue weighted by Gasteiger charge is -2.39. The molecule has 0 saturated heterocycles. The van der Waals surface area contributed by atoms with Gasteiger partial charge >= 0.3 is 0 Å². The van der Waals surface area contributed by atoms with Gasteiger partial charge in [0.15, 0.2) is 5.78 Å². The van der Waals surface area contributed by atoms with Crippen molar-refractivity contribution in [3.63, 3.8) is 0 Å². The Balaban J connectivity index is 1.79. The normalized spacial score (nSPS) is 20.3. The Morgan fingerprint density at radius 3 is 2.19 bits per heavy atom. The number of carbonyl (C=O) groups excluding carboxylic acids is 2. The first-order chi connectivity index (χ1) is 14.6. The minimum atomic E-state index is -0.610. The number of carbonyl (C=O) groups is 2. The molecule has 2 aliphatic rings. The molecule has 0 spiro atoms. The molecule has 1 heterocycles. The second-order valence-corrected chi connectivity index (χ2v) is 8.94. The molecule has 1 amide bonds. The van der Waals surface area contributed by atoms with Crippen molar-refractivity contribution in [1.29, 1.82) is 0 Å². The summed E-state index contributed by atoms with van der Waals surface area (Å²) in [5.74, 6) is -1.81. The van der Waals surface area contributed by atoms with E-state index in [9.17, 15) is 18.4 Å². The van der Waals surface area contributed by atoms with E-state index in [4.69, 9.17) is 0 Å². The maximum Gasteiger partial charge on any atom is 0.254 e.